The molecule has 1 aromatic rings. The minimum absolute atomic E-state index is 0.405. The maximum atomic E-state index is 9.76. The van der Waals surface area contributed by atoms with E-state index in [1.165, 1.54) is 24.8 Å². The van der Waals surface area contributed by atoms with Crippen LogP contribution in [0.25, 0.3) is 0 Å². The van der Waals surface area contributed by atoms with Gasteiger partial charge in [0, 0.05) is 23.4 Å². The maximum Gasteiger partial charge on any atom is 0.120 e. The topological polar surface area (TPSA) is 32.3 Å². The lowest BCUT2D eigenvalue weighted by atomic mass is 10.1. The molecule has 1 aliphatic carbocycles. The van der Waals surface area contributed by atoms with Crippen molar-refractivity contribution in [1.29, 1.82) is 0 Å². The van der Waals surface area contributed by atoms with Crippen LogP contribution in [0.15, 0.2) is 18.2 Å². The molecule has 0 radical (unpaired) electrons. The third-order valence-corrected chi connectivity index (χ3v) is 4.63. The van der Waals surface area contributed by atoms with Crippen LogP contribution in [-0.2, 0) is 6.54 Å². The van der Waals surface area contributed by atoms with Crippen molar-refractivity contribution in [3.63, 3.8) is 0 Å². The Morgan fingerprint density at radius 3 is 2.94 bits per heavy atom. The molecule has 17 heavy (non-hydrogen) atoms. The minimum Gasteiger partial charge on any atom is -0.508 e. The van der Waals surface area contributed by atoms with E-state index in [0.717, 1.165) is 17.4 Å². The van der Waals surface area contributed by atoms with Gasteiger partial charge in [-0.2, -0.15) is 11.8 Å². The van der Waals surface area contributed by atoms with E-state index in [1.54, 1.807) is 6.07 Å². The molecule has 2 unspecified atom stereocenters. The van der Waals surface area contributed by atoms with Crippen LogP contribution in [0, 0.1) is 6.92 Å². The standard InChI is InChI=1S/C14H21NOS/c1-10-3-6-14(16)11(7-10)9-15-12-4-5-13(8-12)17-2/h3,6-7,12-13,15-16H,4-5,8-9H2,1-2H3. The van der Waals surface area contributed by atoms with Gasteiger partial charge >= 0.3 is 0 Å². The Morgan fingerprint density at radius 2 is 2.24 bits per heavy atom. The van der Waals surface area contributed by atoms with E-state index in [2.05, 4.69) is 24.6 Å². The van der Waals surface area contributed by atoms with Gasteiger partial charge in [-0.15, -0.1) is 0 Å². The van der Waals surface area contributed by atoms with E-state index >= 15 is 0 Å². The second-order valence-electron chi connectivity index (χ2n) is 4.88. The summed E-state index contributed by atoms with van der Waals surface area (Å²) in [6.07, 6.45) is 6.03. The van der Waals surface area contributed by atoms with Crippen molar-refractivity contribution in [2.24, 2.45) is 0 Å². The molecule has 2 nitrogen and oxygen atoms in total. The number of rotatable bonds is 4. The Hall–Kier alpha value is -0.670. The third kappa shape index (κ3) is 3.39. The van der Waals surface area contributed by atoms with Gasteiger partial charge < -0.3 is 10.4 Å². The highest BCUT2D eigenvalue weighted by Crippen LogP contribution is 2.28. The van der Waals surface area contributed by atoms with E-state index in [4.69, 9.17) is 0 Å². The minimum atomic E-state index is 0.405. The van der Waals surface area contributed by atoms with Crippen LogP contribution in [0.4, 0.5) is 0 Å². The van der Waals surface area contributed by atoms with Gasteiger partial charge in [-0.3, -0.25) is 0 Å². The number of aryl methyl sites for hydroxylation is 1. The lowest BCUT2D eigenvalue weighted by Gasteiger charge is -2.13. The fraction of sp³-hybridized carbons (Fsp3) is 0.571. The Bertz CT molecular complexity index is 380. The van der Waals surface area contributed by atoms with Crippen molar-refractivity contribution >= 4 is 11.8 Å². The molecule has 94 valence electrons. The number of nitrogens with one attached hydrogen (secondary N) is 1. The number of hydrogen-bond donors (Lipinski definition) is 2. The summed E-state index contributed by atoms with van der Waals surface area (Å²) >= 11 is 1.97. The molecule has 0 aliphatic heterocycles. The molecule has 0 aromatic heterocycles. The monoisotopic (exact) mass is 251 g/mol. The fourth-order valence-corrected chi connectivity index (χ4v) is 3.25. The number of phenols is 1. The second-order valence-corrected chi connectivity index (χ2v) is 6.02. The number of thioether (sulfide) groups is 1. The molecule has 2 rings (SSSR count). The summed E-state index contributed by atoms with van der Waals surface area (Å²) in [4.78, 5) is 0. The van der Waals surface area contributed by atoms with E-state index in [1.807, 2.05) is 17.8 Å². The van der Waals surface area contributed by atoms with Crippen molar-refractivity contribution in [1.82, 2.24) is 5.32 Å². The van der Waals surface area contributed by atoms with Crippen molar-refractivity contribution in [2.75, 3.05) is 6.26 Å². The van der Waals surface area contributed by atoms with Gasteiger partial charge in [0.25, 0.3) is 0 Å². The molecule has 0 amide bonds. The van der Waals surface area contributed by atoms with E-state index in [0.29, 0.717) is 11.8 Å². The van der Waals surface area contributed by atoms with Gasteiger partial charge in [-0.25, -0.2) is 0 Å². The van der Waals surface area contributed by atoms with Crippen LogP contribution >= 0.6 is 11.8 Å². The summed E-state index contributed by atoms with van der Waals surface area (Å²) in [7, 11) is 0. The Kier molecular flexibility index (Phi) is 4.35. The van der Waals surface area contributed by atoms with Gasteiger partial charge in [0.1, 0.15) is 5.75 Å². The zero-order chi connectivity index (χ0) is 12.3. The predicted octanol–water partition coefficient (Wildman–Crippen LogP) is 3.07. The van der Waals surface area contributed by atoms with Crippen LogP contribution in [0.5, 0.6) is 5.75 Å². The smallest absolute Gasteiger partial charge is 0.120 e. The first-order valence-electron chi connectivity index (χ1n) is 6.23. The summed E-state index contributed by atoms with van der Waals surface area (Å²) in [5.74, 6) is 0.405. The van der Waals surface area contributed by atoms with Crippen LogP contribution in [-0.4, -0.2) is 22.7 Å². The summed E-state index contributed by atoms with van der Waals surface area (Å²) in [6, 6.07) is 6.40. The van der Waals surface area contributed by atoms with E-state index in [9.17, 15) is 5.11 Å². The molecule has 1 aromatic carbocycles. The summed E-state index contributed by atoms with van der Waals surface area (Å²) in [6.45, 7) is 2.83. The molecule has 2 atom stereocenters. The lowest BCUT2D eigenvalue weighted by molar-refractivity contribution is 0.456. The molecule has 1 aliphatic rings. The second kappa shape index (κ2) is 5.78. The highest BCUT2D eigenvalue weighted by molar-refractivity contribution is 7.99. The molecule has 2 N–H and O–H groups in total. The zero-order valence-corrected chi connectivity index (χ0v) is 11.4. The SMILES string of the molecule is CSC1CCC(NCc2cc(C)ccc2O)C1. The largest absolute Gasteiger partial charge is 0.508 e. The summed E-state index contributed by atoms with van der Waals surface area (Å²) in [5, 5.41) is 14.1. The highest BCUT2D eigenvalue weighted by Gasteiger charge is 2.23. The van der Waals surface area contributed by atoms with Gasteiger partial charge in [0.15, 0.2) is 0 Å². The Balaban J connectivity index is 1.88. The first kappa shape index (κ1) is 12.8. The van der Waals surface area contributed by atoms with Crippen LogP contribution in [0.3, 0.4) is 0 Å². The van der Waals surface area contributed by atoms with Crippen molar-refractivity contribution < 1.29 is 5.11 Å². The molecule has 0 bridgehead atoms. The lowest BCUT2D eigenvalue weighted by Crippen LogP contribution is -2.26. The Labute approximate surface area is 108 Å². The van der Waals surface area contributed by atoms with Crippen LogP contribution in [0.1, 0.15) is 30.4 Å². The number of aromatic hydroxyl groups is 1. The predicted molar refractivity (Wildman–Crippen MR) is 74.6 cm³/mol. The molecule has 0 saturated heterocycles. The van der Waals surface area contributed by atoms with Crippen molar-refractivity contribution in [2.45, 2.75) is 44.0 Å². The maximum absolute atomic E-state index is 9.76. The zero-order valence-electron chi connectivity index (χ0n) is 10.6. The van der Waals surface area contributed by atoms with Crippen molar-refractivity contribution in [3.8, 4) is 5.75 Å². The highest BCUT2D eigenvalue weighted by atomic mass is 32.2. The number of phenolic OH excluding ortho intramolecular Hbond substituents is 1. The van der Waals surface area contributed by atoms with Gasteiger partial charge in [-0.1, -0.05) is 17.7 Å². The molecule has 0 heterocycles. The van der Waals surface area contributed by atoms with Gasteiger partial charge in [0.05, 0.1) is 0 Å². The summed E-state index contributed by atoms with van der Waals surface area (Å²) in [5.41, 5.74) is 2.21. The van der Waals surface area contributed by atoms with Crippen LogP contribution in [0.2, 0.25) is 0 Å². The quantitative estimate of drug-likeness (QED) is 0.862. The number of hydrogen-bond acceptors (Lipinski definition) is 3. The number of benzene rings is 1. The molecule has 0 spiro atoms. The molecule has 3 heteroatoms. The van der Waals surface area contributed by atoms with E-state index in [-0.39, 0.29) is 0 Å². The third-order valence-electron chi connectivity index (χ3n) is 3.53. The molecular weight excluding hydrogens is 230 g/mol. The molecule has 1 fully saturated rings. The first-order chi connectivity index (χ1) is 8.19. The van der Waals surface area contributed by atoms with Gasteiger partial charge in [0.2, 0.25) is 0 Å². The molecule has 1 saturated carbocycles. The average molecular weight is 251 g/mol. The van der Waals surface area contributed by atoms with E-state index < -0.39 is 0 Å². The van der Waals surface area contributed by atoms with Crippen LogP contribution < -0.4 is 5.32 Å². The first-order valence-corrected chi connectivity index (χ1v) is 7.52. The Morgan fingerprint density at radius 1 is 1.41 bits per heavy atom. The average Bonchev–Trinajstić information content (AvgIpc) is 2.78. The van der Waals surface area contributed by atoms with Gasteiger partial charge in [-0.05, 0) is 38.5 Å². The normalized spacial score (nSPS) is 24.1. The fourth-order valence-electron chi connectivity index (χ4n) is 2.45. The summed E-state index contributed by atoms with van der Waals surface area (Å²) < 4.78 is 0. The van der Waals surface area contributed by atoms with Crippen molar-refractivity contribution in [3.05, 3.63) is 29.3 Å². The molecular formula is C14H21NOS.